The van der Waals surface area contributed by atoms with E-state index in [9.17, 15) is 4.79 Å². The first-order chi connectivity index (χ1) is 7.25. The number of thiophene rings is 2. The Morgan fingerprint density at radius 3 is 2.80 bits per heavy atom. The molecular weight excluding hydrogens is 228 g/mol. The van der Waals surface area contributed by atoms with E-state index in [-0.39, 0.29) is 0 Å². The first-order valence-electron chi connectivity index (χ1n) is 4.30. The molecule has 0 bridgehead atoms. The number of carboxylic acids is 1. The van der Waals surface area contributed by atoms with Crippen LogP contribution in [0.5, 0.6) is 0 Å². The van der Waals surface area contributed by atoms with Crippen LogP contribution in [-0.2, 0) is 4.79 Å². The molecule has 0 saturated carbocycles. The molecular formula is C11H8O2S2. The molecule has 4 heteroatoms. The summed E-state index contributed by atoms with van der Waals surface area (Å²) in [7, 11) is 0. The summed E-state index contributed by atoms with van der Waals surface area (Å²) in [6.07, 6.45) is 2.77. The van der Waals surface area contributed by atoms with Gasteiger partial charge in [0.25, 0.3) is 0 Å². The molecule has 15 heavy (non-hydrogen) atoms. The van der Waals surface area contributed by atoms with Crippen molar-refractivity contribution in [2.45, 2.75) is 0 Å². The summed E-state index contributed by atoms with van der Waals surface area (Å²) in [6.45, 7) is 0. The standard InChI is InChI=1S/C11H8O2S2/c12-11(13)6-4-8-3-5-10(15-8)9-2-1-7-14-9/h1-7H,(H,12,13)/b6-4+. The van der Waals surface area contributed by atoms with Crippen LogP contribution in [0.15, 0.2) is 35.7 Å². The van der Waals surface area contributed by atoms with E-state index >= 15 is 0 Å². The molecule has 0 aromatic carbocycles. The Hall–Kier alpha value is -1.39. The Labute approximate surface area is 95.1 Å². The minimum Gasteiger partial charge on any atom is -0.478 e. The number of aliphatic carboxylic acids is 1. The van der Waals surface area contributed by atoms with Gasteiger partial charge in [0, 0.05) is 20.7 Å². The highest BCUT2D eigenvalue weighted by Gasteiger charge is 2.01. The van der Waals surface area contributed by atoms with Crippen molar-refractivity contribution < 1.29 is 9.90 Å². The Bertz CT molecular complexity index is 480. The Kier molecular flexibility index (Phi) is 2.99. The zero-order chi connectivity index (χ0) is 10.7. The van der Waals surface area contributed by atoms with Gasteiger partial charge in [-0.25, -0.2) is 4.79 Å². The molecule has 2 aromatic rings. The smallest absolute Gasteiger partial charge is 0.328 e. The summed E-state index contributed by atoms with van der Waals surface area (Å²) in [5.74, 6) is -0.916. The summed E-state index contributed by atoms with van der Waals surface area (Å²) in [6, 6.07) is 8.00. The van der Waals surface area contributed by atoms with Gasteiger partial charge in [0.15, 0.2) is 0 Å². The molecule has 0 unspecified atom stereocenters. The lowest BCUT2D eigenvalue weighted by Gasteiger charge is -1.87. The third-order valence-corrected chi connectivity index (χ3v) is 3.90. The van der Waals surface area contributed by atoms with E-state index in [0.717, 1.165) is 11.0 Å². The third-order valence-electron chi connectivity index (χ3n) is 1.78. The highest BCUT2D eigenvalue weighted by Crippen LogP contribution is 2.31. The van der Waals surface area contributed by atoms with Crippen molar-refractivity contribution in [3.8, 4) is 9.75 Å². The average molecular weight is 236 g/mol. The Morgan fingerprint density at radius 2 is 2.13 bits per heavy atom. The van der Waals surface area contributed by atoms with E-state index in [4.69, 9.17) is 5.11 Å². The van der Waals surface area contributed by atoms with Crippen LogP contribution in [0.1, 0.15) is 4.88 Å². The van der Waals surface area contributed by atoms with Gasteiger partial charge in [-0.05, 0) is 29.7 Å². The van der Waals surface area contributed by atoms with E-state index in [1.165, 1.54) is 9.75 Å². The van der Waals surface area contributed by atoms with Crippen LogP contribution in [0, 0.1) is 0 Å². The van der Waals surface area contributed by atoms with Gasteiger partial charge in [-0.2, -0.15) is 0 Å². The van der Waals surface area contributed by atoms with Gasteiger partial charge in [0.2, 0.25) is 0 Å². The molecule has 2 rings (SSSR count). The lowest BCUT2D eigenvalue weighted by molar-refractivity contribution is -0.131. The van der Waals surface area contributed by atoms with Gasteiger partial charge in [0.05, 0.1) is 0 Å². The molecule has 0 amide bonds. The van der Waals surface area contributed by atoms with E-state index in [0.29, 0.717) is 0 Å². The first kappa shape index (κ1) is 10.1. The van der Waals surface area contributed by atoms with E-state index < -0.39 is 5.97 Å². The second kappa shape index (κ2) is 4.42. The number of carboxylic acid groups (broad SMARTS) is 1. The quantitative estimate of drug-likeness (QED) is 0.827. The zero-order valence-electron chi connectivity index (χ0n) is 7.71. The number of rotatable bonds is 3. The largest absolute Gasteiger partial charge is 0.478 e. The molecule has 1 N–H and O–H groups in total. The van der Waals surface area contributed by atoms with Crippen molar-refractivity contribution in [2.24, 2.45) is 0 Å². The third kappa shape index (κ3) is 2.55. The molecule has 0 atom stereocenters. The molecule has 0 radical (unpaired) electrons. The lowest BCUT2D eigenvalue weighted by Crippen LogP contribution is -1.84. The van der Waals surface area contributed by atoms with Crippen molar-refractivity contribution in [1.82, 2.24) is 0 Å². The fraction of sp³-hybridized carbons (Fsp3) is 0. The minimum absolute atomic E-state index is 0.916. The Balaban J connectivity index is 2.21. The second-order valence-electron chi connectivity index (χ2n) is 2.85. The first-order valence-corrected chi connectivity index (χ1v) is 6.00. The van der Waals surface area contributed by atoms with E-state index in [1.807, 2.05) is 23.6 Å². The summed E-state index contributed by atoms with van der Waals surface area (Å²) >= 11 is 3.28. The van der Waals surface area contributed by atoms with Crippen molar-refractivity contribution in [3.63, 3.8) is 0 Å². The van der Waals surface area contributed by atoms with Crippen molar-refractivity contribution in [1.29, 1.82) is 0 Å². The summed E-state index contributed by atoms with van der Waals surface area (Å²) < 4.78 is 0. The normalized spacial score (nSPS) is 10.9. The van der Waals surface area contributed by atoms with Gasteiger partial charge in [-0.1, -0.05) is 6.07 Å². The fourth-order valence-electron chi connectivity index (χ4n) is 1.15. The topological polar surface area (TPSA) is 37.3 Å². The van der Waals surface area contributed by atoms with Crippen LogP contribution in [0.2, 0.25) is 0 Å². The van der Waals surface area contributed by atoms with Crippen molar-refractivity contribution in [3.05, 3.63) is 40.6 Å². The average Bonchev–Trinajstić information content (AvgIpc) is 2.85. The van der Waals surface area contributed by atoms with Gasteiger partial charge in [-0.3, -0.25) is 0 Å². The van der Waals surface area contributed by atoms with Crippen molar-refractivity contribution in [2.75, 3.05) is 0 Å². The predicted molar refractivity (Wildman–Crippen MR) is 64.3 cm³/mol. The summed E-state index contributed by atoms with van der Waals surface area (Å²) in [5.41, 5.74) is 0. The Morgan fingerprint density at radius 1 is 1.27 bits per heavy atom. The van der Waals surface area contributed by atoms with E-state index in [1.54, 1.807) is 28.7 Å². The number of hydrogen-bond acceptors (Lipinski definition) is 3. The van der Waals surface area contributed by atoms with Crippen LogP contribution >= 0.6 is 22.7 Å². The fourth-order valence-corrected chi connectivity index (χ4v) is 2.89. The molecule has 2 aromatic heterocycles. The predicted octanol–water partition coefficient (Wildman–Crippen LogP) is 3.57. The molecule has 76 valence electrons. The van der Waals surface area contributed by atoms with Crippen LogP contribution in [0.3, 0.4) is 0 Å². The zero-order valence-corrected chi connectivity index (χ0v) is 9.35. The molecule has 2 nitrogen and oxygen atoms in total. The number of hydrogen-bond donors (Lipinski definition) is 1. The van der Waals surface area contributed by atoms with Crippen LogP contribution in [0.4, 0.5) is 0 Å². The highest BCUT2D eigenvalue weighted by atomic mass is 32.1. The van der Waals surface area contributed by atoms with Crippen LogP contribution < -0.4 is 0 Å². The maximum Gasteiger partial charge on any atom is 0.328 e. The minimum atomic E-state index is -0.916. The monoisotopic (exact) mass is 236 g/mol. The molecule has 0 spiro atoms. The van der Waals surface area contributed by atoms with Gasteiger partial charge < -0.3 is 5.11 Å². The maximum absolute atomic E-state index is 10.3. The molecule has 0 fully saturated rings. The molecule has 0 aliphatic carbocycles. The molecule has 0 aliphatic heterocycles. The van der Waals surface area contributed by atoms with Gasteiger partial charge >= 0.3 is 5.97 Å². The highest BCUT2D eigenvalue weighted by molar-refractivity contribution is 7.21. The summed E-state index contributed by atoms with van der Waals surface area (Å²) in [5, 5.41) is 10.5. The SMILES string of the molecule is O=C(O)/C=C/c1ccc(-c2cccs2)s1. The van der Waals surface area contributed by atoms with Crippen molar-refractivity contribution >= 4 is 34.7 Å². The van der Waals surface area contributed by atoms with Crippen LogP contribution in [0.25, 0.3) is 15.8 Å². The van der Waals surface area contributed by atoms with Gasteiger partial charge in [-0.15, -0.1) is 22.7 Å². The summed E-state index contributed by atoms with van der Waals surface area (Å²) in [4.78, 5) is 13.7. The molecule has 0 saturated heterocycles. The maximum atomic E-state index is 10.3. The number of carbonyl (C=O) groups is 1. The van der Waals surface area contributed by atoms with E-state index in [2.05, 4.69) is 6.07 Å². The molecule has 2 heterocycles. The lowest BCUT2D eigenvalue weighted by atomic mass is 10.3. The van der Waals surface area contributed by atoms with Crippen LogP contribution in [-0.4, -0.2) is 11.1 Å². The molecule has 0 aliphatic rings. The second-order valence-corrected chi connectivity index (χ2v) is 4.91. The van der Waals surface area contributed by atoms with Gasteiger partial charge in [0.1, 0.15) is 0 Å².